The number of aliphatic hydroxyl groups excluding tert-OH is 1. The molecule has 1 saturated heterocycles. The van der Waals surface area contributed by atoms with E-state index in [1.807, 2.05) is 13.8 Å². The first-order valence-corrected chi connectivity index (χ1v) is 8.39. The van der Waals surface area contributed by atoms with Crippen molar-refractivity contribution in [2.24, 2.45) is 0 Å². The number of amides is 1. The Morgan fingerprint density at radius 2 is 2.36 bits per heavy atom. The van der Waals surface area contributed by atoms with Crippen LogP contribution >= 0.6 is 0 Å². The number of rotatable bonds is 5. The second-order valence-electron chi connectivity index (χ2n) is 6.26. The first-order valence-electron chi connectivity index (χ1n) is 8.39. The SMILES string of the molecule is CC[C@H](C)Oc1cc(C(=O)N2C[C@@H](O)C[C@@H]2c2nc(C)no2)ccn1. The quantitative estimate of drug-likeness (QED) is 0.882. The summed E-state index contributed by atoms with van der Waals surface area (Å²) < 4.78 is 10.9. The van der Waals surface area contributed by atoms with Gasteiger partial charge < -0.3 is 19.3 Å². The monoisotopic (exact) mass is 346 g/mol. The van der Waals surface area contributed by atoms with Crippen LogP contribution in [0.15, 0.2) is 22.9 Å². The number of β-amino-alcohol motifs (C(OH)–C–C–N with tert-alkyl or cyclic N) is 1. The fraction of sp³-hybridized carbons (Fsp3) is 0.529. The summed E-state index contributed by atoms with van der Waals surface area (Å²) in [7, 11) is 0. The Kier molecular flexibility index (Phi) is 4.98. The molecule has 0 unspecified atom stereocenters. The van der Waals surface area contributed by atoms with Gasteiger partial charge in [0.2, 0.25) is 11.8 Å². The van der Waals surface area contributed by atoms with Crippen molar-refractivity contribution < 1.29 is 19.2 Å². The number of aliphatic hydroxyl groups is 1. The maximum atomic E-state index is 12.9. The second kappa shape index (κ2) is 7.18. The molecule has 1 fully saturated rings. The van der Waals surface area contributed by atoms with Crippen molar-refractivity contribution in [1.29, 1.82) is 0 Å². The molecule has 0 spiro atoms. The van der Waals surface area contributed by atoms with Crippen LogP contribution in [0.5, 0.6) is 5.88 Å². The van der Waals surface area contributed by atoms with Crippen molar-refractivity contribution >= 4 is 5.91 Å². The van der Waals surface area contributed by atoms with Crippen molar-refractivity contribution in [3.05, 3.63) is 35.6 Å². The fourth-order valence-corrected chi connectivity index (χ4v) is 2.78. The van der Waals surface area contributed by atoms with E-state index in [2.05, 4.69) is 15.1 Å². The maximum absolute atomic E-state index is 12.9. The number of pyridine rings is 1. The van der Waals surface area contributed by atoms with Crippen molar-refractivity contribution in [3.63, 3.8) is 0 Å². The van der Waals surface area contributed by atoms with Gasteiger partial charge in [0.25, 0.3) is 5.91 Å². The van der Waals surface area contributed by atoms with Crippen LogP contribution in [0.2, 0.25) is 0 Å². The number of hydrogen-bond acceptors (Lipinski definition) is 7. The Hall–Kier alpha value is -2.48. The van der Waals surface area contributed by atoms with Crippen LogP contribution in [-0.4, -0.2) is 49.8 Å². The molecule has 1 amide bonds. The minimum atomic E-state index is -0.626. The van der Waals surface area contributed by atoms with Crippen LogP contribution in [0.25, 0.3) is 0 Å². The first kappa shape index (κ1) is 17.3. The smallest absolute Gasteiger partial charge is 0.254 e. The molecule has 1 aliphatic rings. The van der Waals surface area contributed by atoms with E-state index in [9.17, 15) is 9.90 Å². The molecule has 8 heteroatoms. The van der Waals surface area contributed by atoms with Gasteiger partial charge in [-0.3, -0.25) is 4.79 Å². The van der Waals surface area contributed by atoms with E-state index >= 15 is 0 Å². The normalized spacial score (nSPS) is 21.4. The highest BCUT2D eigenvalue weighted by Gasteiger charge is 2.39. The third-order valence-corrected chi connectivity index (χ3v) is 4.25. The molecule has 2 aromatic rings. The lowest BCUT2D eigenvalue weighted by molar-refractivity contribution is 0.0692. The Balaban J connectivity index is 1.82. The highest BCUT2D eigenvalue weighted by Crippen LogP contribution is 2.32. The predicted molar refractivity (Wildman–Crippen MR) is 88.1 cm³/mol. The molecule has 0 bridgehead atoms. The van der Waals surface area contributed by atoms with Gasteiger partial charge in [-0.05, 0) is 26.3 Å². The molecule has 3 rings (SSSR count). The van der Waals surface area contributed by atoms with Crippen molar-refractivity contribution in [3.8, 4) is 5.88 Å². The minimum absolute atomic E-state index is 0.0144. The van der Waals surface area contributed by atoms with E-state index in [4.69, 9.17) is 9.26 Å². The lowest BCUT2D eigenvalue weighted by Crippen LogP contribution is -2.32. The zero-order valence-corrected chi connectivity index (χ0v) is 14.5. The number of hydrogen-bond donors (Lipinski definition) is 1. The second-order valence-corrected chi connectivity index (χ2v) is 6.26. The highest BCUT2D eigenvalue weighted by atomic mass is 16.5. The largest absolute Gasteiger partial charge is 0.475 e. The Labute approximate surface area is 145 Å². The molecule has 3 atom stereocenters. The van der Waals surface area contributed by atoms with E-state index < -0.39 is 12.1 Å². The van der Waals surface area contributed by atoms with Crippen molar-refractivity contribution in [1.82, 2.24) is 20.0 Å². The zero-order chi connectivity index (χ0) is 18.0. The minimum Gasteiger partial charge on any atom is -0.475 e. The number of nitrogens with zero attached hydrogens (tertiary/aromatic N) is 4. The summed E-state index contributed by atoms with van der Waals surface area (Å²) in [6, 6.07) is 2.82. The summed E-state index contributed by atoms with van der Waals surface area (Å²) in [5.74, 6) is 1.02. The Morgan fingerprint density at radius 1 is 1.56 bits per heavy atom. The molecule has 1 N–H and O–H groups in total. The van der Waals surface area contributed by atoms with E-state index in [1.165, 1.54) is 0 Å². The van der Waals surface area contributed by atoms with E-state index in [-0.39, 0.29) is 18.6 Å². The lowest BCUT2D eigenvalue weighted by atomic mass is 10.2. The van der Waals surface area contributed by atoms with Gasteiger partial charge >= 0.3 is 0 Å². The van der Waals surface area contributed by atoms with Crippen LogP contribution in [0, 0.1) is 6.92 Å². The fourth-order valence-electron chi connectivity index (χ4n) is 2.78. The summed E-state index contributed by atoms with van der Waals surface area (Å²) in [5, 5.41) is 13.8. The molecule has 0 radical (unpaired) electrons. The topological polar surface area (TPSA) is 102 Å². The van der Waals surface area contributed by atoms with Gasteiger partial charge in [0.15, 0.2) is 5.82 Å². The maximum Gasteiger partial charge on any atom is 0.254 e. The molecular weight excluding hydrogens is 324 g/mol. The number of likely N-dealkylation sites (tertiary alicyclic amines) is 1. The molecule has 0 saturated carbocycles. The average Bonchev–Trinajstić information content (AvgIpc) is 3.20. The van der Waals surface area contributed by atoms with Crippen molar-refractivity contribution in [2.45, 2.75) is 51.9 Å². The van der Waals surface area contributed by atoms with Crippen LogP contribution in [0.3, 0.4) is 0 Å². The number of aromatic nitrogens is 3. The number of carbonyl (C=O) groups excluding carboxylic acids is 1. The number of ether oxygens (including phenoxy) is 1. The van der Waals surface area contributed by atoms with Crippen LogP contribution in [0.1, 0.15) is 54.8 Å². The summed E-state index contributed by atoms with van der Waals surface area (Å²) in [4.78, 5) is 22.8. The van der Waals surface area contributed by atoms with Gasteiger partial charge in [-0.25, -0.2) is 4.98 Å². The molecule has 3 heterocycles. The highest BCUT2D eigenvalue weighted by molar-refractivity contribution is 5.94. The summed E-state index contributed by atoms with van der Waals surface area (Å²) in [5.41, 5.74) is 0.448. The van der Waals surface area contributed by atoms with Gasteiger partial charge in [0, 0.05) is 30.8 Å². The molecule has 2 aromatic heterocycles. The molecular formula is C17H22N4O4. The Morgan fingerprint density at radius 3 is 3.04 bits per heavy atom. The summed E-state index contributed by atoms with van der Waals surface area (Å²) >= 11 is 0. The molecule has 0 aliphatic carbocycles. The van der Waals surface area contributed by atoms with Gasteiger partial charge in [-0.2, -0.15) is 4.98 Å². The Bertz CT molecular complexity index is 748. The summed E-state index contributed by atoms with van der Waals surface area (Å²) in [6.07, 6.45) is 2.15. The van der Waals surface area contributed by atoms with E-state index in [0.29, 0.717) is 29.6 Å². The third kappa shape index (κ3) is 3.79. The van der Waals surface area contributed by atoms with Gasteiger partial charge in [0.1, 0.15) is 6.04 Å². The molecule has 1 aliphatic heterocycles. The van der Waals surface area contributed by atoms with Gasteiger partial charge in [0.05, 0.1) is 12.2 Å². The molecule has 8 nitrogen and oxygen atoms in total. The van der Waals surface area contributed by atoms with Crippen LogP contribution in [0.4, 0.5) is 0 Å². The lowest BCUT2D eigenvalue weighted by Gasteiger charge is -2.22. The number of aryl methyl sites for hydroxylation is 1. The molecule has 134 valence electrons. The van der Waals surface area contributed by atoms with E-state index in [1.54, 1.807) is 30.2 Å². The number of carbonyl (C=O) groups is 1. The van der Waals surface area contributed by atoms with Crippen molar-refractivity contribution in [2.75, 3.05) is 6.54 Å². The van der Waals surface area contributed by atoms with Gasteiger partial charge in [-0.15, -0.1) is 0 Å². The standard InChI is InChI=1S/C17H22N4O4/c1-4-10(2)24-15-7-12(5-6-18-15)17(23)21-9-13(22)8-14(21)16-19-11(3)20-25-16/h5-7,10,13-14,22H,4,8-9H2,1-3H3/t10-,13-,14+/m0/s1. The van der Waals surface area contributed by atoms with Crippen LogP contribution in [-0.2, 0) is 0 Å². The van der Waals surface area contributed by atoms with E-state index in [0.717, 1.165) is 6.42 Å². The average molecular weight is 346 g/mol. The molecule has 0 aromatic carbocycles. The molecule has 25 heavy (non-hydrogen) atoms. The van der Waals surface area contributed by atoms with Crippen LogP contribution < -0.4 is 4.74 Å². The summed E-state index contributed by atoms with van der Waals surface area (Å²) in [6.45, 7) is 5.89. The third-order valence-electron chi connectivity index (χ3n) is 4.25. The zero-order valence-electron chi connectivity index (χ0n) is 14.5. The van der Waals surface area contributed by atoms with Gasteiger partial charge in [-0.1, -0.05) is 12.1 Å². The first-order chi connectivity index (χ1) is 12.0. The predicted octanol–water partition coefficient (Wildman–Crippen LogP) is 1.90.